The summed E-state index contributed by atoms with van der Waals surface area (Å²) in [6, 6.07) is 22.6. The van der Waals surface area contributed by atoms with Crippen molar-refractivity contribution in [2.45, 2.75) is 20.1 Å². The molecule has 0 aromatic heterocycles. The Hall–Kier alpha value is -2.82. The number of ether oxygens (including phenoxy) is 1. The van der Waals surface area contributed by atoms with Crippen molar-refractivity contribution < 1.29 is 14.4 Å². The Morgan fingerprint density at radius 3 is 2.07 bits per heavy atom. The zero-order valence-corrected chi connectivity index (χ0v) is 16.6. The van der Waals surface area contributed by atoms with Crippen molar-refractivity contribution in [2.24, 2.45) is 0 Å². The van der Waals surface area contributed by atoms with Gasteiger partial charge in [-0.3, -0.25) is 9.63 Å². The molecule has 0 atom stereocenters. The van der Waals surface area contributed by atoms with Crippen LogP contribution in [0.25, 0.3) is 0 Å². The highest BCUT2D eigenvalue weighted by atomic mass is 35.5. The molecule has 144 valence electrons. The summed E-state index contributed by atoms with van der Waals surface area (Å²) in [7, 11) is 1.59. The molecule has 0 aliphatic rings. The summed E-state index contributed by atoms with van der Waals surface area (Å²) < 4.78 is 5.80. The maximum absolute atomic E-state index is 12.3. The van der Waals surface area contributed by atoms with Gasteiger partial charge < -0.3 is 4.74 Å². The highest BCUT2D eigenvalue weighted by Crippen LogP contribution is 2.16. The van der Waals surface area contributed by atoms with Gasteiger partial charge >= 0.3 is 0 Å². The minimum atomic E-state index is -0.227. The van der Waals surface area contributed by atoms with Crippen molar-refractivity contribution in [1.29, 1.82) is 0 Å². The summed E-state index contributed by atoms with van der Waals surface area (Å²) in [6.07, 6.45) is 0. The molecule has 0 bridgehead atoms. The summed E-state index contributed by atoms with van der Waals surface area (Å²) in [6.45, 7) is 2.87. The van der Waals surface area contributed by atoms with Gasteiger partial charge in [0.05, 0.1) is 0 Å². The summed E-state index contributed by atoms with van der Waals surface area (Å²) in [5.41, 5.74) is 3.82. The molecular weight excluding hydrogens is 374 g/mol. The van der Waals surface area contributed by atoms with Crippen molar-refractivity contribution in [3.05, 3.63) is 100 Å². The number of aryl methyl sites for hydroxylation is 1. The Kier molecular flexibility index (Phi) is 6.69. The predicted octanol–water partition coefficient (Wildman–Crippen LogP) is 5.43. The lowest BCUT2D eigenvalue weighted by atomic mass is 10.2. The number of amides is 1. The second-order valence-corrected chi connectivity index (χ2v) is 6.94. The van der Waals surface area contributed by atoms with Crippen LogP contribution in [0.3, 0.4) is 0 Å². The Balaban J connectivity index is 1.49. The summed E-state index contributed by atoms with van der Waals surface area (Å²) in [5, 5.41) is 1.82. The van der Waals surface area contributed by atoms with Crippen LogP contribution in [0.5, 0.6) is 5.75 Å². The van der Waals surface area contributed by atoms with Crippen LogP contribution in [0, 0.1) is 6.92 Å². The fourth-order valence-corrected chi connectivity index (χ4v) is 2.66. The second kappa shape index (κ2) is 9.40. The first-order valence-corrected chi connectivity index (χ1v) is 9.33. The van der Waals surface area contributed by atoms with E-state index in [2.05, 4.69) is 31.2 Å². The van der Waals surface area contributed by atoms with E-state index in [1.165, 1.54) is 10.6 Å². The number of hydrogen-bond donors (Lipinski definition) is 0. The van der Waals surface area contributed by atoms with Gasteiger partial charge in [-0.1, -0.05) is 53.6 Å². The highest BCUT2D eigenvalue weighted by Gasteiger charge is 2.12. The standard InChI is InChI=1S/C23H22ClNO3/c1-17-3-5-18(6-4-17)15-27-22-13-7-19(8-14-22)16-28-25(2)23(26)20-9-11-21(24)12-10-20/h3-14H,15-16H2,1-2H3. The van der Waals surface area contributed by atoms with E-state index in [0.29, 0.717) is 17.2 Å². The van der Waals surface area contributed by atoms with Crippen LogP contribution in [-0.2, 0) is 18.1 Å². The number of carbonyl (C=O) groups is 1. The Bertz CT molecular complexity index is 906. The van der Waals surface area contributed by atoms with Gasteiger partial charge in [0.1, 0.15) is 19.0 Å². The van der Waals surface area contributed by atoms with E-state index in [9.17, 15) is 4.79 Å². The Morgan fingerprint density at radius 1 is 0.857 bits per heavy atom. The number of carbonyl (C=O) groups excluding carboxylic acids is 1. The minimum absolute atomic E-state index is 0.227. The smallest absolute Gasteiger partial charge is 0.277 e. The molecule has 0 aliphatic heterocycles. The fourth-order valence-electron chi connectivity index (χ4n) is 2.54. The summed E-state index contributed by atoms with van der Waals surface area (Å²) >= 11 is 5.85. The lowest BCUT2D eigenvalue weighted by molar-refractivity contribution is -0.116. The quantitative estimate of drug-likeness (QED) is 0.500. The summed E-state index contributed by atoms with van der Waals surface area (Å²) in [5.74, 6) is 0.560. The molecule has 0 saturated carbocycles. The van der Waals surface area contributed by atoms with Crippen LogP contribution in [0.2, 0.25) is 5.02 Å². The number of rotatable bonds is 7. The maximum atomic E-state index is 12.3. The van der Waals surface area contributed by atoms with Crippen LogP contribution in [-0.4, -0.2) is 18.0 Å². The predicted molar refractivity (Wildman–Crippen MR) is 110 cm³/mol. The third-order valence-corrected chi connectivity index (χ3v) is 4.50. The van der Waals surface area contributed by atoms with Crippen LogP contribution in [0.4, 0.5) is 0 Å². The molecule has 0 unspecified atom stereocenters. The zero-order chi connectivity index (χ0) is 19.9. The van der Waals surface area contributed by atoms with E-state index >= 15 is 0 Å². The summed E-state index contributed by atoms with van der Waals surface area (Å²) in [4.78, 5) is 17.9. The molecule has 0 fully saturated rings. The zero-order valence-electron chi connectivity index (χ0n) is 15.9. The molecule has 3 aromatic carbocycles. The van der Waals surface area contributed by atoms with Crippen LogP contribution in [0.15, 0.2) is 72.8 Å². The van der Waals surface area contributed by atoms with Gasteiger partial charge in [0.2, 0.25) is 0 Å². The Morgan fingerprint density at radius 2 is 1.43 bits per heavy atom. The van der Waals surface area contributed by atoms with E-state index in [4.69, 9.17) is 21.2 Å². The normalized spacial score (nSPS) is 10.5. The van der Waals surface area contributed by atoms with Crippen molar-refractivity contribution in [3.8, 4) is 5.75 Å². The van der Waals surface area contributed by atoms with E-state index in [-0.39, 0.29) is 12.5 Å². The highest BCUT2D eigenvalue weighted by molar-refractivity contribution is 6.30. The lowest BCUT2D eigenvalue weighted by Gasteiger charge is -2.17. The molecule has 3 rings (SSSR count). The molecule has 0 aliphatic carbocycles. The number of benzene rings is 3. The van der Waals surface area contributed by atoms with Crippen molar-refractivity contribution in [2.75, 3.05) is 7.05 Å². The largest absolute Gasteiger partial charge is 0.489 e. The SMILES string of the molecule is Cc1ccc(COc2ccc(CON(C)C(=O)c3ccc(Cl)cc3)cc2)cc1. The molecule has 4 nitrogen and oxygen atoms in total. The first kappa shape index (κ1) is 19.9. The third kappa shape index (κ3) is 5.59. The molecule has 28 heavy (non-hydrogen) atoms. The van der Waals surface area contributed by atoms with Crippen molar-refractivity contribution in [1.82, 2.24) is 5.06 Å². The third-order valence-electron chi connectivity index (χ3n) is 4.25. The van der Waals surface area contributed by atoms with Crippen LogP contribution >= 0.6 is 11.6 Å². The van der Waals surface area contributed by atoms with Gasteiger partial charge in [0.25, 0.3) is 5.91 Å². The van der Waals surface area contributed by atoms with Gasteiger partial charge in [-0.15, -0.1) is 0 Å². The maximum Gasteiger partial charge on any atom is 0.277 e. The molecular formula is C23H22ClNO3. The second-order valence-electron chi connectivity index (χ2n) is 6.50. The number of hydroxylamine groups is 2. The Labute approximate surface area is 170 Å². The molecule has 5 heteroatoms. The monoisotopic (exact) mass is 395 g/mol. The van der Waals surface area contributed by atoms with E-state index < -0.39 is 0 Å². The van der Waals surface area contributed by atoms with Crippen LogP contribution in [0.1, 0.15) is 27.0 Å². The number of nitrogens with zero attached hydrogens (tertiary/aromatic N) is 1. The fraction of sp³-hybridized carbons (Fsp3) is 0.174. The molecule has 0 heterocycles. The lowest BCUT2D eigenvalue weighted by Crippen LogP contribution is -2.26. The first-order valence-electron chi connectivity index (χ1n) is 8.95. The van der Waals surface area contributed by atoms with Crippen molar-refractivity contribution in [3.63, 3.8) is 0 Å². The minimum Gasteiger partial charge on any atom is -0.489 e. The molecule has 0 spiro atoms. The molecule has 0 radical (unpaired) electrons. The molecule has 0 saturated heterocycles. The molecule has 3 aromatic rings. The van der Waals surface area contributed by atoms with Crippen molar-refractivity contribution >= 4 is 17.5 Å². The molecule has 1 amide bonds. The van der Waals surface area contributed by atoms with E-state index in [1.807, 2.05) is 24.3 Å². The van der Waals surface area contributed by atoms with E-state index in [1.54, 1.807) is 31.3 Å². The van der Waals surface area contributed by atoms with Crippen LogP contribution < -0.4 is 4.74 Å². The van der Waals surface area contributed by atoms with Gasteiger partial charge in [0, 0.05) is 17.6 Å². The molecule has 0 N–H and O–H groups in total. The van der Waals surface area contributed by atoms with Gasteiger partial charge in [-0.2, -0.15) is 0 Å². The van der Waals surface area contributed by atoms with E-state index in [0.717, 1.165) is 16.9 Å². The van der Waals surface area contributed by atoms with Gasteiger partial charge in [-0.25, -0.2) is 5.06 Å². The van der Waals surface area contributed by atoms with Gasteiger partial charge in [0.15, 0.2) is 0 Å². The average molecular weight is 396 g/mol. The average Bonchev–Trinajstić information content (AvgIpc) is 2.72. The van der Waals surface area contributed by atoms with Gasteiger partial charge in [-0.05, 0) is 54.4 Å². The number of hydrogen-bond acceptors (Lipinski definition) is 3. The first-order chi connectivity index (χ1) is 13.5. The topological polar surface area (TPSA) is 38.8 Å². The number of halogens is 1.